The molecule has 16 heavy (non-hydrogen) atoms. The summed E-state index contributed by atoms with van der Waals surface area (Å²) in [6.45, 7) is 2.22. The Labute approximate surface area is 110 Å². The lowest BCUT2D eigenvalue weighted by atomic mass is 9.81. The second-order valence-corrected chi connectivity index (χ2v) is 5.79. The predicted octanol–water partition coefficient (Wildman–Crippen LogP) is 4.49. The molecule has 1 fully saturated rings. The van der Waals surface area contributed by atoms with Crippen LogP contribution in [0.3, 0.4) is 0 Å². The molecule has 0 aromatic carbocycles. The van der Waals surface area contributed by atoms with E-state index in [0.29, 0.717) is 11.2 Å². The van der Waals surface area contributed by atoms with Crippen molar-refractivity contribution in [3.63, 3.8) is 0 Å². The van der Waals surface area contributed by atoms with Crippen LogP contribution in [0.25, 0.3) is 0 Å². The molecule has 0 radical (unpaired) electrons. The van der Waals surface area contributed by atoms with Gasteiger partial charge < -0.3 is 5.32 Å². The molecule has 0 amide bonds. The SMILES string of the molecule is CC(CC1CCC1)Nc1cnc(Cl)c(Br)c1. The van der Waals surface area contributed by atoms with Gasteiger partial charge in [0.25, 0.3) is 0 Å². The molecule has 2 nitrogen and oxygen atoms in total. The molecule has 0 aliphatic heterocycles. The fourth-order valence-corrected chi connectivity index (χ4v) is 2.52. The van der Waals surface area contributed by atoms with Crippen LogP contribution in [0, 0.1) is 5.92 Å². The molecule has 1 aromatic rings. The van der Waals surface area contributed by atoms with E-state index in [-0.39, 0.29) is 0 Å². The molecule has 0 spiro atoms. The molecule has 88 valence electrons. The van der Waals surface area contributed by atoms with Crippen molar-refractivity contribution in [2.75, 3.05) is 5.32 Å². The third-order valence-electron chi connectivity index (χ3n) is 3.12. The van der Waals surface area contributed by atoms with E-state index in [1.807, 2.05) is 6.07 Å². The van der Waals surface area contributed by atoms with Crippen LogP contribution >= 0.6 is 27.5 Å². The van der Waals surface area contributed by atoms with Crippen molar-refractivity contribution in [2.24, 2.45) is 5.92 Å². The zero-order valence-electron chi connectivity index (χ0n) is 9.34. The van der Waals surface area contributed by atoms with Gasteiger partial charge in [0.05, 0.1) is 16.4 Å². The largest absolute Gasteiger partial charge is 0.381 e. The third kappa shape index (κ3) is 3.11. The molecular weight excluding hydrogens is 288 g/mol. The number of hydrogen-bond donors (Lipinski definition) is 1. The summed E-state index contributed by atoms with van der Waals surface area (Å²) in [6.07, 6.45) is 7.24. The van der Waals surface area contributed by atoms with Gasteiger partial charge in [-0.25, -0.2) is 4.98 Å². The summed E-state index contributed by atoms with van der Waals surface area (Å²) in [5.74, 6) is 0.922. The number of hydrogen-bond acceptors (Lipinski definition) is 2. The van der Waals surface area contributed by atoms with Gasteiger partial charge in [-0.2, -0.15) is 0 Å². The highest BCUT2D eigenvalue weighted by Gasteiger charge is 2.19. The van der Waals surface area contributed by atoms with Gasteiger partial charge in [-0.15, -0.1) is 0 Å². The number of aromatic nitrogens is 1. The molecular formula is C12H16BrClN2. The highest BCUT2D eigenvalue weighted by atomic mass is 79.9. The Hall–Kier alpha value is -0.280. The first-order chi connectivity index (χ1) is 7.65. The molecule has 0 bridgehead atoms. The number of anilines is 1. The zero-order valence-corrected chi connectivity index (χ0v) is 11.7. The number of nitrogens with zero attached hydrogens (tertiary/aromatic N) is 1. The maximum absolute atomic E-state index is 5.85. The molecule has 1 saturated carbocycles. The smallest absolute Gasteiger partial charge is 0.143 e. The fourth-order valence-electron chi connectivity index (χ4n) is 2.07. The highest BCUT2D eigenvalue weighted by Crippen LogP contribution is 2.31. The maximum Gasteiger partial charge on any atom is 0.143 e. The number of rotatable bonds is 4. The lowest BCUT2D eigenvalue weighted by Gasteiger charge is -2.28. The first-order valence-corrected chi connectivity index (χ1v) is 6.90. The summed E-state index contributed by atoms with van der Waals surface area (Å²) >= 11 is 9.22. The van der Waals surface area contributed by atoms with Crippen LogP contribution in [0.2, 0.25) is 5.15 Å². The second kappa shape index (κ2) is 5.37. The molecule has 1 atom stereocenters. The van der Waals surface area contributed by atoms with Gasteiger partial charge in [0.1, 0.15) is 5.15 Å². The van der Waals surface area contributed by atoms with Crippen molar-refractivity contribution in [3.05, 3.63) is 21.9 Å². The van der Waals surface area contributed by atoms with E-state index in [4.69, 9.17) is 11.6 Å². The van der Waals surface area contributed by atoms with E-state index in [1.165, 1.54) is 25.7 Å². The summed E-state index contributed by atoms with van der Waals surface area (Å²) in [5, 5.41) is 3.97. The second-order valence-electron chi connectivity index (χ2n) is 4.57. The Morgan fingerprint density at radius 1 is 1.62 bits per heavy atom. The van der Waals surface area contributed by atoms with Crippen LogP contribution in [0.4, 0.5) is 5.69 Å². The summed E-state index contributed by atoms with van der Waals surface area (Å²) in [6, 6.07) is 2.48. The Bertz CT molecular complexity index is 366. The standard InChI is InChI=1S/C12H16BrClN2/c1-8(5-9-3-2-4-9)16-10-6-11(13)12(14)15-7-10/h6-9,16H,2-5H2,1H3. The monoisotopic (exact) mass is 302 g/mol. The van der Waals surface area contributed by atoms with Gasteiger partial charge in [0, 0.05) is 6.04 Å². The van der Waals surface area contributed by atoms with Crippen molar-refractivity contribution < 1.29 is 0 Å². The lowest BCUT2D eigenvalue weighted by Crippen LogP contribution is -2.23. The molecule has 2 rings (SSSR count). The Morgan fingerprint density at radius 3 is 2.94 bits per heavy atom. The van der Waals surface area contributed by atoms with Crippen molar-refractivity contribution >= 4 is 33.2 Å². The van der Waals surface area contributed by atoms with E-state index in [9.17, 15) is 0 Å². The number of nitrogens with one attached hydrogen (secondary N) is 1. The quantitative estimate of drug-likeness (QED) is 0.829. The van der Waals surface area contributed by atoms with Crippen molar-refractivity contribution in [1.29, 1.82) is 0 Å². The average molecular weight is 304 g/mol. The first kappa shape index (κ1) is 12.2. The Morgan fingerprint density at radius 2 is 2.38 bits per heavy atom. The molecule has 4 heteroatoms. The van der Waals surface area contributed by atoms with Gasteiger partial charge >= 0.3 is 0 Å². The first-order valence-electron chi connectivity index (χ1n) is 5.72. The number of pyridine rings is 1. The summed E-state index contributed by atoms with van der Waals surface area (Å²) in [7, 11) is 0. The van der Waals surface area contributed by atoms with Crippen molar-refractivity contribution in [1.82, 2.24) is 4.98 Å². The summed E-state index contributed by atoms with van der Waals surface area (Å²) in [5.41, 5.74) is 1.03. The minimum absolute atomic E-state index is 0.500. The Kier molecular flexibility index (Phi) is 4.09. The van der Waals surface area contributed by atoms with Crippen molar-refractivity contribution in [3.8, 4) is 0 Å². The van der Waals surface area contributed by atoms with E-state index in [2.05, 4.69) is 33.2 Å². The van der Waals surface area contributed by atoms with Gasteiger partial charge in [-0.05, 0) is 41.3 Å². The van der Waals surface area contributed by atoms with Crippen molar-refractivity contribution in [2.45, 2.75) is 38.6 Å². The van der Waals surface area contributed by atoms with Crippen LogP contribution < -0.4 is 5.32 Å². The van der Waals surface area contributed by atoms with Crippen LogP contribution in [-0.4, -0.2) is 11.0 Å². The molecule has 1 unspecified atom stereocenters. The molecule has 1 N–H and O–H groups in total. The van der Waals surface area contributed by atoms with Crippen LogP contribution in [0.15, 0.2) is 16.7 Å². The summed E-state index contributed by atoms with van der Waals surface area (Å²) < 4.78 is 0.843. The van der Waals surface area contributed by atoms with Crippen LogP contribution in [0.1, 0.15) is 32.6 Å². The predicted molar refractivity (Wildman–Crippen MR) is 72.0 cm³/mol. The molecule has 1 aliphatic rings. The minimum Gasteiger partial charge on any atom is -0.381 e. The van der Waals surface area contributed by atoms with Crippen LogP contribution in [-0.2, 0) is 0 Å². The minimum atomic E-state index is 0.500. The van der Waals surface area contributed by atoms with Gasteiger partial charge in [-0.1, -0.05) is 30.9 Å². The third-order valence-corrected chi connectivity index (χ3v) is 4.25. The highest BCUT2D eigenvalue weighted by molar-refractivity contribution is 9.10. The van der Waals surface area contributed by atoms with Gasteiger partial charge in [0.15, 0.2) is 0 Å². The lowest BCUT2D eigenvalue weighted by molar-refractivity contribution is 0.286. The average Bonchev–Trinajstić information content (AvgIpc) is 2.18. The maximum atomic E-state index is 5.85. The van der Waals surface area contributed by atoms with E-state index < -0.39 is 0 Å². The number of halogens is 2. The van der Waals surface area contributed by atoms with Crippen LogP contribution in [0.5, 0.6) is 0 Å². The van der Waals surface area contributed by atoms with Gasteiger partial charge in [-0.3, -0.25) is 0 Å². The van der Waals surface area contributed by atoms with E-state index in [0.717, 1.165) is 16.1 Å². The van der Waals surface area contributed by atoms with E-state index in [1.54, 1.807) is 6.20 Å². The normalized spacial score (nSPS) is 17.9. The molecule has 1 heterocycles. The zero-order chi connectivity index (χ0) is 11.5. The van der Waals surface area contributed by atoms with E-state index >= 15 is 0 Å². The van der Waals surface area contributed by atoms with Gasteiger partial charge in [0.2, 0.25) is 0 Å². The molecule has 1 aromatic heterocycles. The molecule has 0 saturated heterocycles. The summed E-state index contributed by atoms with van der Waals surface area (Å²) in [4.78, 5) is 4.10. The topological polar surface area (TPSA) is 24.9 Å². The Balaban J connectivity index is 1.89. The molecule has 1 aliphatic carbocycles. The fraction of sp³-hybridized carbons (Fsp3) is 0.583.